The maximum Gasteiger partial charge on any atom is 0.460 e. The smallest absolute Gasteiger partial charge is 0.320 e. The van der Waals surface area contributed by atoms with Gasteiger partial charge in [-0.2, -0.15) is 57.1 Å². The molecule has 2 rings (SSSR count). The van der Waals surface area contributed by atoms with E-state index < -0.39 is 64.0 Å². The second-order valence-corrected chi connectivity index (χ2v) is 6.74. The summed E-state index contributed by atoms with van der Waals surface area (Å²) in [4.78, 5) is 26.6. The van der Waals surface area contributed by atoms with Crippen LogP contribution in [0.15, 0.2) is 9.59 Å². The van der Waals surface area contributed by atoms with Gasteiger partial charge in [0.1, 0.15) is 0 Å². The van der Waals surface area contributed by atoms with E-state index >= 15 is 0 Å². The van der Waals surface area contributed by atoms with Crippen LogP contribution >= 0.6 is 0 Å². The maximum atomic E-state index is 14.4. The zero-order valence-corrected chi connectivity index (χ0v) is 16.0. The molecule has 0 aliphatic carbocycles. The molecule has 0 aliphatic heterocycles. The number of halogens is 13. The number of aromatic nitrogens is 4. The number of rotatable bonds is 5. The molecule has 0 atom stereocenters. The van der Waals surface area contributed by atoms with E-state index in [1.807, 2.05) is 0 Å². The Morgan fingerprint density at radius 2 is 1.03 bits per heavy atom. The third-order valence-electron chi connectivity index (χ3n) is 4.69. The minimum atomic E-state index is -8.07. The molecule has 6 nitrogen and oxygen atoms in total. The van der Waals surface area contributed by atoms with Gasteiger partial charge in [0, 0.05) is 21.1 Å². The first-order chi connectivity index (χ1) is 14.4. The van der Waals surface area contributed by atoms with Crippen LogP contribution in [0.3, 0.4) is 0 Å². The van der Waals surface area contributed by atoms with E-state index in [1.165, 1.54) is 0 Å². The van der Waals surface area contributed by atoms with E-state index in [0.717, 1.165) is 14.1 Å². The van der Waals surface area contributed by atoms with Crippen molar-refractivity contribution in [3.05, 3.63) is 26.7 Å². The zero-order chi connectivity index (χ0) is 26.3. The number of alkyl halides is 13. The molecule has 0 N–H and O–H groups in total. The molecule has 188 valence electrons. The number of hydrogen-bond donors (Lipinski definition) is 0. The molecule has 0 fully saturated rings. The highest BCUT2D eigenvalue weighted by molar-refractivity contribution is 5.71. The van der Waals surface area contributed by atoms with Crippen molar-refractivity contribution in [2.45, 2.75) is 35.8 Å². The number of imidazole rings is 1. The summed E-state index contributed by atoms with van der Waals surface area (Å²) in [6.07, 6.45) is -7.53. The molecule has 0 unspecified atom stereocenters. The molecule has 0 amide bonds. The molecule has 2 aromatic rings. The largest absolute Gasteiger partial charge is 0.460 e. The van der Waals surface area contributed by atoms with Crippen LogP contribution in [0.25, 0.3) is 11.2 Å². The minimum Gasteiger partial charge on any atom is -0.320 e. The van der Waals surface area contributed by atoms with Crippen molar-refractivity contribution in [3.8, 4) is 0 Å². The molecule has 33 heavy (non-hydrogen) atoms. The first-order valence-electron chi connectivity index (χ1n) is 8.00. The Kier molecular flexibility index (Phi) is 5.52. The summed E-state index contributed by atoms with van der Waals surface area (Å²) in [5, 5.41) is 0. The lowest BCUT2D eigenvalue weighted by atomic mass is 9.93. The summed E-state index contributed by atoms with van der Waals surface area (Å²) in [6, 6.07) is 0. The van der Waals surface area contributed by atoms with Gasteiger partial charge < -0.3 is 4.57 Å². The highest BCUT2D eigenvalue weighted by Crippen LogP contribution is 2.61. The maximum absolute atomic E-state index is 14.4. The van der Waals surface area contributed by atoms with E-state index in [0.29, 0.717) is 11.6 Å². The first kappa shape index (κ1) is 26.5. The minimum absolute atomic E-state index is 0.233. The lowest BCUT2D eigenvalue weighted by molar-refractivity contribution is -0.442. The van der Waals surface area contributed by atoms with Crippen LogP contribution in [0.2, 0.25) is 0 Å². The van der Waals surface area contributed by atoms with Crippen molar-refractivity contribution in [2.24, 2.45) is 21.1 Å². The lowest BCUT2D eigenvalue weighted by Crippen LogP contribution is -2.69. The lowest BCUT2D eigenvalue weighted by Gasteiger charge is -2.39. The molecule has 0 spiro atoms. The highest BCUT2D eigenvalue weighted by atomic mass is 19.4. The third kappa shape index (κ3) is 3.06. The second kappa shape index (κ2) is 6.87. The van der Waals surface area contributed by atoms with Crippen LogP contribution in [0.1, 0.15) is 5.82 Å². The van der Waals surface area contributed by atoms with Crippen LogP contribution in [-0.4, -0.2) is 48.6 Å². The summed E-state index contributed by atoms with van der Waals surface area (Å²) in [5.41, 5.74) is -5.02. The molecule has 0 bridgehead atoms. The van der Waals surface area contributed by atoms with Gasteiger partial charge in [0.25, 0.3) is 5.56 Å². The van der Waals surface area contributed by atoms with Crippen molar-refractivity contribution in [2.75, 3.05) is 0 Å². The molecule has 0 aliphatic rings. The van der Waals surface area contributed by atoms with Crippen molar-refractivity contribution in [1.29, 1.82) is 0 Å². The van der Waals surface area contributed by atoms with E-state index in [1.54, 1.807) is 0 Å². The Labute approximate surface area is 171 Å². The van der Waals surface area contributed by atoms with Crippen LogP contribution < -0.4 is 11.2 Å². The van der Waals surface area contributed by atoms with Crippen LogP contribution in [0.5, 0.6) is 0 Å². The van der Waals surface area contributed by atoms with Crippen LogP contribution in [0.4, 0.5) is 57.1 Å². The fraction of sp³-hybridized carbons (Fsp3) is 0.643. The Bertz CT molecular complexity index is 1220. The molecule has 2 heterocycles. The number of fused-ring (bicyclic) bond motifs is 1. The van der Waals surface area contributed by atoms with Crippen molar-refractivity contribution in [3.63, 3.8) is 0 Å². The standard InChI is InChI=1S/C14H9F13N4O2/c1-29-4-5(30(2)8(33)31(3)6(4)32)28-7(29)9(15,16)10(17,18)11(19,20)12(21,22)13(23,24)14(25,26)27/h1-3H3. The van der Waals surface area contributed by atoms with Gasteiger partial charge in [-0.3, -0.25) is 13.9 Å². The van der Waals surface area contributed by atoms with E-state index in [4.69, 9.17) is 0 Å². The number of nitrogens with zero attached hydrogens (tertiary/aromatic N) is 4. The summed E-state index contributed by atoms with van der Waals surface area (Å²) in [7, 11) is 1.85. The summed E-state index contributed by atoms with van der Waals surface area (Å²) in [6.45, 7) is 0. The molecular weight excluding hydrogens is 503 g/mol. The predicted octanol–water partition coefficient (Wildman–Crippen LogP) is 3.17. The molecule has 0 saturated heterocycles. The fourth-order valence-corrected chi connectivity index (χ4v) is 2.71. The number of hydrogen-bond acceptors (Lipinski definition) is 3. The van der Waals surface area contributed by atoms with Crippen LogP contribution in [-0.2, 0) is 27.1 Å². The Hall–Kier alpha value is -2.76. The Morgan fingerprint density at radius 1 is 0.606 bits per heavy atom. The van der Waals surface area contributed by atoms with Gasteiger partial charge in [0.2, 0.25) is 0 Å². The summed E-state index contributed by atoms with van der Waals surface area (Å²) < 4.78 is 174. The molecule has 2 aromatic heterocycles. The quantitative estimate of drug-likeness (QED) is 0.579. The Morgan fingerprint density at radius 3 is 1.45 bits per heavy atom. The van der Waals surface area contributed by atoms with Gasteiger partial charge in [-0.1, -0.05) is 0 Å². The molecule has 0 saturated carbocycles. The van der Waals surface area contributed by atoms with E-state index in [2.05, 4.69) is 4.98 Å². The normalized spacial score (nSPS) is 14.9. The molecule has 0 aromatic carbocycles. The summed E-state index contributed by atoms with van der Waals surface area (Å²) >= 11 is 0. The monoisotopic (exact) mass is 512 g/mol. The van der Waals surface area contributed by atoms with Gasteiger partial charge in [-0.25, -0.2) is 9.78 Å². The molecule has 19 heteroatoms. The third-order valence-corrected chi connectivity index (χ3v) is 4.69. The van der Waals surface area contributed by atoms with Crippen molar-refractivity contribution < 1.29 is 57.1 Å². The van der Waals surface area contributed by atoms with Gasteiger partial charge in [0.15, 0.2) is 17.0 Å². The Balaban J connectivity index is 2.86. The van der Waals surface area contributed by atoms with Gasteiger partial charge in [-0.15, -0.1) is 0 Å². The first-order valence-corrected chi connectivity index (χ1v) is 8.00. The average Bonchev–Trinajstić information content (AvgIpc) is 3.01. The van der Waals surface area contributed by atoms with Crippen LogP contribution in [0, 0.1) is 0 Å². The van der Waals surface area contributed by atoms with E-state index in [9.17, 15) is 66.7 Å². The van der Waals surface area contributed by atoms with Crippen molar-refractivity contribution >= 4 is 11.2 Å². The fourth-order valence-electron chi connectivity index (χ4n) is 2.71. The van der Waals surface area contributed by atoms with E-state index in [-0.39, 0.29) is 9.13 Å². The SMILES string of the molecule is Cn1c(=O)c2c(nc(C(F)(F)C(F)(F)C(F)(F)C(F)(F)C(F)(F)C(F)(F)F)n2C)n(C)c1=O. The van der Waals surface area contributed by atoms with Gasteiger partial charge in [0.05, 0.1) is 0 Å². The average molecular weight is 512 g/mol. The zero-order valence-electron chi connectivity index (χ0n) is 16.0. The number of aryl methyl sites for hydroxylation is 2. The second-order valence-electron chi connectivity index (χ2n) is 6.74. The summed E-state index contributed by atoms with van der Waals surface area (Å²) in [5.74, 6) is -40.9. The molecular formula is C14H9F13N4O2. The topological polar surface area (TPSA) is 61.8 Å². The predicted molar refractivity (Wildman–Crippen MR) is 80.9 cm³/mol. The highest BCUT2D eigenvalue weighted by Gasteiger charge is 2.91. The molecule has 0 radical (unpaired) electrons. The van der Waals surface area contributed by atoms with Crippen molar-refractivity contribution in [1.82, 2.24) is 18.7 Å². The van der Waals surface area contributed by atoms with Gasteiger partial charge >= 0.3 is 41.5 Å². The van der Waals surface area contributed by atoms with Gasteiger partial charge in [-0.05, 0) is 0 Å².